The molecule has 1 aromatic carbocycles. The zero-order chi connectivity index (χ0) is 22.9. The van der Waals surface area contributed by atoms with Gasteiger partial charge in [0.05, 0.1) is 10.3 Å². The number of fused-ring (bicyclic) bond motifs is 2. The van der Waals surface area contributed by atoms with Gasteiger partial charge in [-0.2, -0.15) is 0 Å². The fraction of sp³-hybridized carbons (Fsp3) is 0.182. The molecule has 2 amide bonds. The van der Waals surface area contributed by atoms with Crippen molar-refractivity contribution in [1.29, 1.82) is 0 Å². The summed E-state index contributed by atoms with van der Waals surface area (Å²) in [5.74, 6) is -1.67. The van der Waals surface area contributed by atoms with Crippen molar-refractivity contribution in [2.45, 2.75) is 19.3 Å². The summed E-state index contributed by atoms with van der Waals surface area (Å²) in [6.07, 6.45) is 2.63. The first-order chi connectivity index (χ1) is 16.0. The van der Waals surface area contributed by atoms with Gasteiger partial charge in [0.25, 0.3) is 11.8 Å². The predicted molar refractivity (Wildman–Crippen MR) is 131 cm³/mol. The standard InChI is InChI=1S/C22H18N4O4S3/c23-18(28)17-12-7-4-8-13(12)31-20(17)25-16(27)10-30-21(29)15-9-14-19(32-15)26-22(33-14)24-11-5-2-1-3-6-11/h1-3,5-6,9H,4,7-8,10H2,(H2,23,28)(H,24,26)(H,25,27). The Bertz CT molecular complexity index is 1340. The van der Waals surface area contributed by atoms with E-state index < -0.39 is 24.4 Å². The first-order valence-corrected chi connectivity index (χ1v) is 12.6. The van der Waals surface area contributed by atoms with Crippen molar-refractivity contribution in [3.8, 4) is 0 Å². The molecule has 33 heavy (non-hydrogen) atoms. The molecule has 4 N–H and O–H groups in total. The summed E-state index contributed by atoms with van der Waals surface area (Å²) >= 11 is 4.00. The van der Waals surface area contributed by atoms with Gasteiger partial charge in [0.1, 0.15) is 14.7 Å². The van der Waals surface area contributed by atoms with E-state index in [2.05, 4.69) is 15.6 Å². The molecule has 5 rings (SSSR count). The number of carbonyl (C=O) groups is 3. The molecule has 1 aliphatic rings. The van der Waals surface area contributed by atoms with Gasteiger partial charge >= 0.3 is 5.97 Å². The molecule has 4 aromatic rings. The molecule has 3 heterocycles. The highest BCUT2D eigenvalue weighted by atomic mass is 32.1. The first kappa shape index (κ1) is 21.6. The maximum atomic E-state index is 12.4. The molecule has 0 spiro atoms. The van der Waals surface area contributed by atoms with E-state index in [1.54, 1.807) is 6.07 Å². The molecular weight excluding hydrogens is 480 g/mol. The number of nitrogens with two attached hydrogens (primary N) is 1. The molecular formula is C22H18N4O4S3. The highest BCUT2D eigenvalue weighted by Crippen LogP contribution is 2.39. The highest BCUT2D eigenvalue weighted by molar-refractivity contribution is 7.29. The number of aryl methyl sites for hydroxylation is 1. The predicted octanol–water partition coefficient (Wildman–Crippen LogP) is 4.55. The number of hydrogen-bond donors (Lipinski definition) is 3. The summed E-state index contributed by atoms with van der Waals surface area (Å²) in [5.41, 5.74) is 7.74. The smallest absolute Gasteiger partial charge is 0.348 e. The largest absolute Gasteiger partial charge is 0.451 e. The van der Waals surface area contributed by atoms with E-state index in [1.165, 1.54) is 34.0 Å². The Kier molecular flexibility index (Phi) is 5.83. The number of benzene rings is 1. The maximum Gasteiger partial charge on any atom is 0.348 e. The number of esters is 1. The van der Waals surface area contributed by atoms with Crippen molar-refractivity contribution in [1.82, 2.24) is 4.98 Å². The number of carbonyl (C=O) groups excluding carboxylic acids is 3. The number of thiazole rings is 1. The Morgan fingerprint density at radius 2 is 1.91 bits per heavy atom. The summed E-state index contributed by atoms with van der Waals surface area (Å²) in [4.78, 5) is 43.3. The van der Waals surface area contributed by atoms with Crippen LogP contribution in [0.2, 0.25) is 0 Å². The van der Waals surface area contributed by atoms with Crippen LogP contribution in [0.3, 0.4) is 0 Å². The zero-order valence-electron chi connectivity index (χ0n) is 17.2. The minimum atomic E-state index is -0.596. The van der Waals surface area contributed by atoms with Crippen LogP contribution in [0, 0.1) is 0 Å². The van der Waals surface area contributed by atoms with Gasteiger partial charge in [-0.15, -0.1) is 22.7 Å². The average Bonchev–Trinajstić information content (AvgIpc) is 3.52. The lowest BCUT2D eigenvalue weighted by molar-refractivity contribution is -0.119. The second-order valence-electron chi connectivity index (χ2n) is 7.34. The van der Waals surface area contributed by atoms with Gasteiger partial charge < -0.3 is 21.1 Å². The van der Waals surface area contributed by atoms with Crippen LogP contribution in [0.15, 0.2) is 36.4 Å². The van der Waals surface area contributed by atoms with Gasteiger partial charge in [0.15, 0.2) is 11.7 Å². The molecule has 0 fully saturated rings. The Morgan fingerprint density at radius 1 is 1.09 bits per heavy atom. The number of thiophene rings is 2. The van der Waals surface area contributed by atoms with Gasteiger partial charge in [-0.3, -0.25) is 9.59 Å². The number of ether oxygens (including phenoxy) is 1. The van der Waals surface area contributed by atoms with E-state index in [1.807, 2.05) is 30.3 Å². The molecule has 0 bridgehead atoms. The van der Waals surface area contributed by atoms with Crippen LogP contribution >= 0.6 is 34.0 Å². The van der Waals surface area contributed by atoms with Gasteiger partial charge in [-0.1, -0.05) is 29.5 Å². The van der Waals surface area contributed by atoms with E-state index in [-0.39, 0.29) is 0 Å². The van der Waals surface area contributed by atoms with Crippen molar-refractivity contribution in [3.05, 3.63) is 57.3 Å². The lowest BCUT2D eigenvalue weighted by Gasteiger charge is -2.06. The summed E-state index contributed by atoms with van der Waals surface area (Å²) in [7, 11) is 0. The SMILES string of the molecule is NC(=O)c1c(NC(=O)COC(=O)c2cc3sc(Nc4ccccc4)nc3s2)sc2c1CCC2. The van der Waals surface area contributed by atoms with Crippen LogP contribution in [0.5, 0.6) is 0 Å². The zero-order valence-corrected chi connectivity index (χ0v) is 19.6. The number of nitrogens with one attached hydrogen (secondary N) is 2. The topological polar surface area (TPSA) is 123 Å². The van der Waals surface area contributed by atoms with Crippen LogP contribution < -0.4 is 16.4 Å². The van der Waals surface area contributed by atoms with Crippen LogP contribution in [-0.2, 0) is 22.4 Å². The summed E-state index contributed by atoms with van der Waals surface area (Å²) in [6.45, 7) is -0.459. The monoisotopic (exact) mass is 498 g/mol. The van der Waals surface area contributed by atoms with E-state index >= 15 is 0 Å². The molecule has 0 atom stereocenters. The van der Waals surface area contributed by atoms with Gasteiger partial charge in [-0.05, 0) is 43.0 Å². The van der Waals surface area contributed by atoms with Crippen molar-refractivity contribution < 1.29 is 19.1 Å². The molecule has 0 saturated carbocycles. The van der Waals surface area contributed by atoms with E-state index in [4.69, 9.17) is 10.5 Å². The second-order valence-corrected chi connectivity index (χ2v) is 10.5. The number of rotatable bonds is 7. The molecule has 0 radical (unpaired) electrons. The maximum absolute atomic E-state index is 12.4. The van der Waals surface area contributed by atoms with Crippen molar-refractivity contribution in [2.24, 2.45) is 5.73 Å². The number of amides is 2. The number of primary amides is 1. The molecule has 1 aliphatic carbocycles. The molecule has 0 unspecified atom stereocenters. The van der Waals surface area contributed by atoms with Crippen LogP contribution in [0.1, 0.15) is 36.9 Å². The van der Waals surface area contributed by atoms with Gasteiger partial charge in [-0.25, -0.2) is 9.78 Å². The molecule has 3 aromatic heterocycles. The lowest BCUT2D eigenvalue weighted by atomic mass is 10.1. The summed E-state index contributed by atoms with van der Waals surface area (Å²) < 4.78 is 6.03. The fourth-order valence-corrected chi connectivity index (χ4v) is 6.99. The van der Waals surface area contributed by atoms with Gasteiger partial charge in [0, 0.05) is 10.6 Å². The van der Waals surface area contributed by atoms with Crippen molar-refractivity contribution >= 4 is 77.1 Å². The van der Waals surface area contributed by atoms with Crippen molar-refractivity contribution in [2.75, 3.05) is 17.2 Å². The second kappa shape index (κ2) is 8.93. The Labute approximate surface area is 200 Å². The Balaban J connectivity index is 1.20. The molecule has 0 aliphatic heterocycles. The highest BCUT2D eigenvalue weighted by Gasteiger charge is 2.26. The Hall–Kier alpha value is -3.28. The third kappa shape index (κ3) is 4.47. The molecule has 8 nitrogen and oxygen atoms in total. The van der Waals surface area contributed by atoms with Gasteiger partial charge in [0.2, 0.25) is 0 Å². The van der Waals surface area contributed by atoms with E-state index in [9.17, 15) is 14.4 Å². The quantitative estimate of drug-likeness (QED) is 0.321. The molecule has 168 valence electrons. The minimum absolute atomic E-state index is 0.371. The van der Waals surface area contributed by atoms with Crippen LogP contribution in [0.25, 0.3) is 9.53 Å². The number of hydrogen-bond acceptors (Lipinski definition) is 9. The number of aromatic nitrogens is 1. The Morgan fingerprint density at radius 3 is 2.67 bits per heavy atom. The third-order valence-electron chi connectivity index (χ3n) is 5.07. The van der Waals surface area contributed by atoms with Crippen LogP contribution in [-0.4, -0.2) is 29.4 Å². The third-order valence-corrected chi connectivity index (χ3v) is 8.33. The number of anilines is 3. The first-order valence-electron chi connectivity index (χ1n) is 10.1. The number of nitrogens with zero attached hydrogens (tertiary/aromatic N) is 1. The van der Waals surface area contributed by atoms with E-state index in [0.29, 0.717) is 20.3 Å². The van der Waals surface area contributed by atoms with E-state index in [0.717, 1.165) is 45.2 Å². The minimum Gasteiger partial charge on any atom is -0.451 e. The average molecular weight is 499 g/mol. The summed E-state index contributed by atoms with van der Waals surface area (Å²) in [5, 5.41) is 7.05. The molecule has 0 saturated heterocycles. The summed E-state index contributed by atoms with van der Waals surface area (Å²) in [6, 6.07) is 11.4. The fourth-order valence-electron chi connectivity index (χ4n) is 3.65. The normalized spacial score (nSPS) is 12.5. The lowest BCUT2D eigenvalue weighted by Crippen LogP contribution is -2.22. The number of para-hydroxylation sites is 1. The molecule has 11 heteroatoms. The van der Waals surface area contributed by atoms with Crippen molar-refractivity contribution in [3.63, 3.8) is 0 Å². The van der Waals surface area contributed by atoms with Crippen LogP contribution in [0.4, 0.5) is 15.8 Å².